The van der Waals surface area contributed by atoms with Crippen molar-refractivity contribution in [2.45, 2.75) is 57.4 Å². The van der Waals surface area contributed by atoms with E-state index in [0.717, 1.165) is 43.7 Å². The SMILES string of the molecule is c1coc(CCN=C(NC2CCCC2)N2CCC(CN3CCCC3)C2)c1. The maximum absolute atomic E-state index is 5.46. The monoisotopic (exact) mass is 358 g/mol. The van der Waals surface area contributed by atoms with Crippen LogP contribution in [0.5, 0.6) is 0 Å². The van der Waals surface area contributed by atoms with E-state index in [1.807, 2.05) is 12.1 Å². The first kappa shape index (κ1) is 17.9. The molecule has 1 saturated carbocycles. The van der Waals surface area contributed by atoms with E-state index in [0.29, 0.717) is 6.04 Å². The van der Waals surface area contributed by atoms with Crippen molar-refractivity contribution in [2.75, 3.05) is 39.3 Å². The minimum Gasteiger partial charge on any atom is -0.469 e. The number of guanidine groups is 1. The molecule has 0 amide bonds. The van der Waals surface area contributed by atoms with Gasteiger partial charge in [-0.2, -0.15) is 0 Å². The fraction of sp³-hybridized carbons (Fsp3) is 0.762. The van der Waals surface area contributed by atoms with Crippen molar-refractivity contribution in [2.24, 2.45) is 10.9 Å². The molecule has 0 aromatic carbocycles. The van der Waals surface area contributed by atoms with E-state index in [1.54, 1.807) is 6.26 Å². The maximum atomic E-state index is 5.46. The van der Waals surface area contributed by atoms with Crippen LogP contribution < -0.4 is 5.32 Å². The van der Waals surface area contributed by atoms with Gasteiger partial charge >= 0.3 is 0 Å². The summed E-state index contributed by atoms with van der Waals surface area (Å²) in [6.45, 7) is 7.00. The second-order valence-electron chi connectivity index (χ2n) is 8.27. The van der Waals surface area contributed by atoms with Gasteiger partial charge in [0.25, 0.3) is 0 Å². The summed E-state index contributed by atoms with van der Waals surface area (Å²) in [4.78, 5) is 10.1. The predicted molar refractivity (Wildman–Crippen MR) is 105 cm³/mol. The van der Waals surface area contributed by atoms with Crippen LogP contribution in [0, 0.1) is 5.92 Å². The standard InChI is InChI=1S/C21H34N4O/c1-2-7-19(6-1)23-21(22-11-9-20-8-5-15-26-20)25-14-10-18(17-25)16-24-12-3-4-13-24/h5,8,15,18-19H,1-4,6-7,9-14,16-17H2,(H,22,23). The average molecular weight is 359 g/mol. The lowest BCUT2D eigenvalue weighted by Crippen LogP contribution is -2.45. The van der Waals surface area contributed by atoms with Gasteiger partial charge in [0, 0.05) is 38.6 Å². The summed E-state index contributed by atoms with van der Waals surface area (Å²) in [6.07, 6.45) is 12.0. The third kappa shape index (κ3) is 4.81. The Bertz CT molecular complexity index is 559. The molecule has 1 aromatic rings. The zero-order chi connectivity index (χ0) is 17.6. The molecule has 3 aliphatic rings. The normalized spacial score (nSPS) is 25.5. The van der Waals surface area contributed by atoms with Crippen LogP contribution in [0.1, 0.15) is 50.7 Å². The van der Waals surface area contributed by atoms with Gasteiger partial charge in [-0.15, -0.1) is 0 Å². The van der Waals surface area contributed by atoms with Crippen molar-refractivity contribution < 1.29 is 4.42 Å². The van der Waals surface area contributed by atoms with E-state index in [9.17, 15) is 0 Å². The first-order chi connectivity index (χ1) is 12.9. The van der Waals surface area contributed by atoms with Crippen LogP contribution in [0.25, 0.3) is 0 Å². The Morgan fingerprint density at radius 2 is 1.96 bits per heavy atom. The van der Waals surface area contributed by atoms with Crippen LogP contribution in [0.3, 0.4) is 0 Å². The van der Waals surface area contributed by atoms with Gasteiger partial charge in [-0.1, -0.05) is 12.8 Å². The second kappa shape index (κ2) is 8.94. The van der Waals surface area contributed by atoms with Crippen LogP contribution >= 0.6 is 0 Å². The third-order valence-electron chi connectivity index (χ3n) is 6.19. The summed E-state index contributed by atoms with van der Waals surface area (Å²) in [5.41, 5.74) is 0. The van der Waals surface area contributed by atoms with Crippen molar-refractivity contribution in [1.82, 2.24) is 15.1 Å². The summed E-state index contributed by atoms with van der Waals surface area (Å²) in [6, 6.07) is 4.62. The van der Waals surface area contributed by atoms with Gasteiger partial charge < -0.3 is 19.5 Å². The van der Waals surface area contributed by atoms with Gasteiger partial charge in [0.05, 0.1) is 6.26 Å². The minimum atomic E-state index is 0.620. The summed E-state index contributed by atoms with van der Waals surface area (Å²) in [5, 5.41) is 3.78. The fourth-order valence-electron chi connectivity index (χ4n) is 4.72. The molecule has 1 unspecified atom stereocenters. The quantitative estimate of drug-likeness (QED) is 0.627. The number of nitrogens with one attached hydrogen (secondary N) is 1. The molecular formula is C21H34N4O. The van der Waals surface area contributed by atoms with Crippen molar-refractivity contribution in [3.05, 3.63) is 24.2 Å². The molecule has 3 heterocycles. The van der Waals surface area contributed by atoms with Crippen LogP contribution in [0.2, 0.25) is 0 Å². The highest BCUT2D eigenvalue weighted by Crippen LogP contribution is 2.22. The molecule has 0 spiro atoms. The molecule has 26 heavy (non-hydrogen) atoms. The Morgan fingerprint density at radius 3 is 2.73 bits per heavy atom. The van der Waals surface area contributed by atoms with Crippen molar-refractivity contribution in [1.29, 1.82) is 0 Å². The molecule has 1 aromatic heterocycles. The average Bonchev–Trinajstić information content (AvgIpc) is 3.43. The van der Waals surface area contributed by atoms with Gasteiger partial charge in [-0.05, 0) is 63.2 Å². The highest BCUT2D eigenvalue weighted by molar-refractivity contribution is 5.80. The number of nitrogens with zero attached hydrogens (tertiary/aromatic N) is 3. The lowest BCUT2D eigenvalue weighted by molar-refractivity contribution is 0.280. The number of hydrogen-bond donors (Lipinski definition) is 1. The zero-order valence-corrected chi connectivity index (χ0v) is 16.0. The molecule has 1 N–H and O–H groups in total. The molecule has 5 nitrogen and oxygen atoms in total. The number of hydrogen-bond acceptors (Lipinski definition) is 3. The van der Waals surface area contributed by atoms with Gasteiger partial charge in [0.1, 0.15) is 5.76 Å². The molecular weight excluding hydrogens is 324 g/mol. The van der Waals surface area contributed by atoms with E-state index in [-0.39, 0.29) is 0 Å². The molecule has 2 saturated heterocycles. The second-order valence-corrected chi connectivity index (χ2v) is 8.27. The van der Waals surface area contributed by atoms with Crippen LogP contribution in [0.15, 0.2) is 27.8 Å². The number of furan rings is 1. The van der Waals surface area contributed by atoms with Gasteiger partial charge in [0.15, 0.2) is 5.96 Å². The smallest absolute Gasteiger partial charge is 0.194 e. The Balaban J connectivity index is 1.33. The molecule has 1 atom stereocenters. The van der Waals surface area contributed by atoms with Gasteiger partial charge in [-0.25, -0.2) is 0 Å². The summed E-state index contributed by atoms with van der Waals surface area (Å²) < 4.78 is 5.46. The minimum absolute atomic E-state index is 0.620. The van der Waals surface area contributed by atoms with Crippen LogP contribution in [0.4, 0.5) is 0 Å². The van der Waals surface area contributed by atoms with Gasteiger partial charge in [0.2, 0.25) is 0 Å². The molecule has 1 aliphatic carbocycles. The van der Waals surface area contributed by atoms with E-state index >= 15 is 0 Å². The van der Waals surface area contributed by atoms with Crippen molar-refractivity contribution >= 4 is 5.96 Å². The first-order valence-electron chi connectivity index (χ1n) is 10.7. The number of rotatable bonds is 6. The molecule has 2 aliphatic heterocycles. The Labute approximate surface area is 157 Å². The lowest BCUT2D eigenvalue weighted by Gasteiger charge is -2.26. The fourth-order valence-corrected chi connectivity index (χ4v) is 4.72. The third-order valence-corrected chi connectivity index (χ3v) is 6.19. The Kier molecular flexibility index (Phi) is 6.15. The topological polar surface area (TPSA) is 44.0 Å². The van der Waals surface area contributed by atoms with E-state index < -0.39 is 0 Å². The zero-order valence-electron chi connectivity index (χ0n) is 16.0. The van der Waals surface area contributed by atoms with Crippen molar-refractivity contribution in [3.63, 3.8) is 0 Å². The molecule has 0 bridgehead atoms. The highest BCUT2D eigenvalue weighted by Gasteiger charge is 2.28. The van der Waals surface area contributed by atoms with Crippen LogP contribution in [-0.2, 0) is 6.42 Å². The predicted octanol–water partition coefficient (Wildman–Crippen LogP) is 3.13. The van der Waals surface area contributed by atoms with E-state index in [2.05, 4.69) is 15.1 Å². The Morgan fingerprint density at radius 1 is 1.12 bits per heavy atom. The van der Waals surface area contributed by atoms with Gasteiger partial charge in [-0.3, -0.25) is 4.99 Å². The molecule has 144 valence electrons. The lowest BCUT2D eigenvalue weighted by atomic mass is 10.1. The molecule has 0 radical (unpaired) electrons. The number of likely N-dealkylation sites (tertiary alicyclic amines) is 2. The number of aliphatic imine (C=N–C) groups is 1. The largest absolute Gasteiger partial charge is 0.469 e. The first-order valence-corrected chi connectivity index (χ1v) is 10.7. The van der Waals surface area contributed by atoms with Crippen molar-refractivity contribution in [3.8, 4) is 0 Å². The summed E-state index contributed by atoms with van der Waals surface area (Å²) in [5.74, 6) is 2.98. The highest BCUT2D eigenvalue weighted by atomic mass is 16.3. The molecule has 4 rings (SSSR count). The van der Waals surface area contributed by atoms with Crippen LogP contribution in [-0.4, -0.2) is 61.1 Å². The van der Waals surface area contributed by atoms with E-state index in [1.165, 1.54) is 64.6 Å². The maximum Gasteiger partial charge on any atom is 0.194 e. The summed E-state index contributed by atoms with van der Waals surface area (Å²) in [7, 11) is 0. The Hall–Kier alpha value is -1.49. The van der Waals surface area contributed by atoms with E-state index in [4.69, 9.17) is 9.41 Å². The summed E-state index contributed by atoms with van der Waals surface area (Å²) >= 11 is 0. The molecule has 3 fully saturated rings. The molecule has 5 heteroatoms.